The zero-order valence-corrected chi connectivity index (χ0v) is 24.6. The number of nitrogens with two attached hydrogens (primary N) is 2. The average molecular weight is 635 g/mol. The maximum atomic E-state index is 13.1. The zero-order valence-electron chi connectivity index (χ0n) is 23.1. The van der Waals surface area contributed by atoms with Crippen LogP contribution in [0.2, 0.25) is 10.0 Å². The number of aliphatic carboxylic acids is 1. The van der Waals surface area contributed by atoms with E-state index in [1.807, 2.05) is 0 Å². The lowest BCUT2D eigenvalue weighted by Gasteiger charge is -2.20. The number of carboxylic acid groups (broad SMARTS) is 1. The van der Waals surface area contributed by atoms with E-state index in [1.54, 1.807) is 43.3 Å². The lowest BCUT2D eigenvalue weighted by molar-refractivity contribution is -0.136. The molecule has 0 bridgehead atoms. The monoisotopic (exact) mass is 633 g/mol. The Hall–Kier alpha value is -2.82. The van der Waals surface area contributed by atoms with E-state index in [9.17, 15) is 14.7 Å². The van der Waals surface area contributed by atoms with E-state index in [1.165, 1.54) is 11.7 Å². The number of carboxylic acids is 1. The highest BCUT2D eigenvalue weighted by molar-refractivity contribution is 6.33. The van der Waals surface area contributed by atoms with Crippen molar-refractivity contribution in [1.82, 2.24) is 4.57 Å². The zero-order chi connectivity index (χ0) is 32.3. The molecule has 0 saturated heterocycles. The van der Waals surface area contributed by atoms with Crippen molar-refractivity contribution in [3.05, 3.63) is 63.3 Å². The van der Waals surface area contributed by atoms with Crippen molar-refractivity contribution in [1.29, 1.82) is 0 Å². The number of hydrogen-bond acceptors (Lipinski definition) is 11. The van der Waals surface area contributed by atoms with Crippen LogP contribution in [0.25, 0.3) is 10.9 Å². The van der Waals surface area contributed by atoms with Crippen LogP contribution in [-0.4, -0.2) is 110 Å². The second-order valence-electron chi connectivity index (χ2n) is 9.46. The molecule has 0 atom stereocenters. The molecule has 1 heterocycles. The molecule has 0 aliphatic rings. The second kappa shape index (κ2) is 16.7. The number of carbonyl (C=O) groups is 2. The summed E-state index contributed by atoms with van der Waals surface area (Å²) in [6, 6.07) is 9.78. The number of aliphatic hydroxyl groups excluding tert-OH is 6. The minimum absolute atomic E-state index is 0.214. The third-order valence-electron chi connectivity index (χ3n) is 6.12. The molecule has 234 valence electrons. The van der Waals surface area contributed by atoms with Gasteiger partial charge in [-0.2, -0.15) is 0 Å². The van der Waals surface area contributed by atoms with Gasteiger partial charge in [0.25, 0.3) is 5.91 Å². The van der Waals surface area contributed by atoms with Gasteiger partial charge in [0, 0.05) is 21.7 Å². The van der Waals surface area contributed by atoms with Crippen molar-refractivity contribution in [3.63, 3.8) is 0 Å². The molecule has 1 aromatic heterocycles. The summed E-state index contributed by atoms with van der Waals surface area (Å²) in [5, 5.41) is 60.8. The number of carbonyl (C=O) groups excluding carboxylic acids is 1. The summed E-state index contributed by atoms with van der Waals surface area (Å²) in [6.07, 6.45) is -0.214. The van der Waals surface area contributed by atoms with E-state index in [0.29, 0.717) is 43.5 Å². The topological polar surface area (TPSA) is 242 Å². The van der Waals surface area contributed by atoms with Crippen LogP contribution in [0.3, 0.4) is 0 Å². The Labute approximate surface area is 252 Å². The number of halogens is 2. The summed E-state index contributed by atoms with van der Waals surface area (Å²) >= 11 is 12.1. The van der Waals surface area contributed by atoms with E-state index in [4.69, 9.17) is 70.0 Å². The fraction of sp³-hybridized carbons (Fsp3) is 0.407. The molecule has 3 rings (SSSR count). The van der Waals surface area contributed by atoms with Gasteiger partial charge in [-0.1, -0.05) is 23.2 Å². The minimum atomic E-state index is -1.21. The first-order valence-corrected chi connectivity index (χ1v) is 13.1. The highest BCUT2D eigenvalue weighted by Gasteiger charge is 2.23. The van der Waals surface area contributed by atoms with Crippen molar-refractivity contribution < 1.29 is 50.1 Å². The number of ether oxygens (including phenoxy) is 1. The first-order valence-electron chi connectivity index (χ1n) is 12.3. The van der Waals surface area contributed by atoms with Crippen molar-refractivity contribution in [2.75, 3.05) is 46.8 Å². The van der Waals surface area contributed by atoms with Crippen LogP contribution >= 0.6 is 23.2 Å². The van der Waals surface area contributed by atoms with E-state index in [-0.39, 0.29) is 12.3 Å². The normalized spacial score (nSPS) is 11.3. The lowest BCUT2D eigenvalue weighted by atomic mass is 10.1. The van der Waals surface area contributed by atoms with Gasteiger partial charge >= 0.3 is 5.97 Å². The van der Waals surface area contributed by atoms with Gasteiger partial charge < -0.3 is 51.9 Å². The molecule has 11 N–H and O–H groups in total. The van der Waals surface area contributed by atoms with Crippen LogP contribution < -0.4 is 16.2 Å². The summed E-state index contributed by atoms with van der Waals surface area (Å²) < 4.78 is 6.71. The molecular formula is C27H37Cl2N3O10. The van der Waals surface area contributed by atoms with Crippen molar-refractivity contribution in [3.8, 4) is 5.75 Å². The number of rotatable bonds is 10. The SMILES string of the molecule is COc1cc2c(CC(=O)O)c(C)n(C(=O)c3ccc(Cl)cc3)c2cc1Cl.NC(CO)(CO)CO.NC(CO)(CO)CO. The average Bonchev–Trinajstić information content (AvgIpc) is 3.25. The number of fused-ring (bicyclic) bond motifs is 1. The molecule has 42 heavy (non-hydrogen) atoms. The molecule has 0 amide bonds. The summed E-state index contributed by atoms with van der Waals surface area (Å²) in [5.41, 5.74) is 9.93. The van der Waals surface area contributed by atoms with Gasteiger partial charge in [0.1, 0.15) is 5.75 Å². The number of hydrogen-bond donors (Lipinski definition) is 9. The number of methoxy groups -OCH3 is 1. The molecule has 0 radical (unpaired) electrons. The lowest BCUT2D eigenvalue weighted by Crippen LogP contribution is -2.50. The van der Waals surface area contributed by atoms with Gasteiger partial charge in [-0.3, -0.25) is 14.2 Å². The fourth-order valence-electron chi connectivity index (χ4n) is 3.29. The summed E-state index contributed by atoms with van der Waals surface area (Å²) in [5.74, 6) is -0.857. The Morgan fingerprint density at radius 1 is 0.857 bits per heavy atom. The Morgan fingerprint density at radius 3 is 1.67 bits per heavy atom. The summed E-state index contributed by atoms with van der Waals surface area (Å²) in [6.45, 7) is -0.702. The summed E-state index contributed by atoms with van der Waals surface area (Å²) in [7, 11) is 1.48. The van der Waals surface area contributed by atoms with Crippen LogP contribution in [0.5, 0.6) is 5.75 Å². The minimum Gasteiger partial charge on any atom is -0.495 e. The Balaban J connectivity index is 0.000000454. The first-order chi connectivity index (χ1) is 19.7. The number of aromatic nitrogens is 1. The van der Waals surface area contributed by atoms with E-state index in [2.05, 4.69) is 0 Å². The van der Waals surface area contributed by atoms with Crippen LogP contribution in [0.4, 0.5) is 0 Å². The van der Waals surface area contributed by atoms with E-state index in [0.717, 1.165) is 0 Å². The molecule has 13 nitrogen and oxygen atoms in total. The van der Waals surface area contributed by atoms with Crippen LogP contribution in [-0.2, 0) is 11.2 Å². The van der Waals surface area contributed by atoms with Crippen LogP contribution in [0, 0.1) is 6.92 Å². The molecule has 3 aromatic rings. The molecule has 0 aliphatic heterocycles. The Kier molecular flexibility index (Phi) is 14.8. The summed E-state index contributed by atoms with van der Waals surface area (Å²) in [4.78, 5) is 24.4. The molecule has 2 aromatic carbocycles. The quantitative estimate of drug-likeness (QED) is 0.142. The maximum absolute atomic E-state index is 13.1. The molecule has 0 saturated carbocycles. The van der Waals surface area contributed by atoms with Gasteiger partial charge in [0.15, 0.2) is 0 Å². The van der Waals surface area contributed by atoms with Gasteiger partial charge in [0.05, 0.1) is 74.8 Å². The van der Waals surface area contributed by atoms with Crippen molar-refractivity contribution in [2.45, 2.75) is 24.4 Å². The largest absolute Gasteiger partial charge is 0.495 e. The smallest absolute Gasteiger partial charge is 0.307 e. The Bertz CT molecular complexity index is 1290. The van der Waals surface area contributed by atoms with E-state index < -0.39 is 56.7 Å². The van der Waals surface area contributed by atoms with Gasteiger partial charge in [-0.05, 0) is 48.9 Å². The number of nitrogens with zero attached hydrogens (tertiary/aromatic N) is 1. The van der Waals surface area contributed by atoms with Gasteiger partial charge in [-0.15, -0.1) is 0 Å². The Morgan fingerprint density at radius 2 is 1.31 bits per heavy atom. The highest BCUT2D eigenvalue weighted by Crippen LogP contribution is 2.35. The molecular weight excluding hydrogens is 597 g/mol. The van der Waals surface area contributed by atoms with E-state index >= 15 is 0 Å². The predicted molar refractivity (Wildman–Crippen MR) is 157 cm³/mol. The van der Waals surface area contributed by atoms with Gasteiger partial charge in [0.2, 0.25) is 0 Å². The predicted octanol–water partition coefficient (Wildman–Crippen LogP) is -0.0977. The number of aliphatic hydroxyl groups is 6. The molecule has 0 spiro atoms. The van der Waals surface area contributed by atoms with Crippen LogP contribution in [0.15, 0.2) is 36.4 Å². The van der Waals surface area contributed by atoms with Gasteiger partial charge in [-0.25, -0.2) is 0 Å². The third kappa shape index (κ3) is 9.61. The fourth-order valence-corrected chi connectivity index (χ4v) is 3.66. The molecule has 0 fully saturated rings. The van der Waals surface area contributed by atoms with Crippen molar-refractivity contribution in [2.24, 2.45) is 11.5 Å². The highest BCUT2D eigenvalue weighted by atomic mass is 35.5. The first kappa shape index (κ1) is 37.2. The second-order valence-corrected chi connectivity index (χ2v) is 10.3. The molecule has 15 heteroatoms. The van der Waals surface area contributed by atoms with Crippen molar-refractivity contribution >= 4 is 46.0 Å². The molecule has 0 aliphatic carbocycles. The number of benzene rings is 2. The third-order valence-corrected chi connectivity index (χ3v) is 6.67. The maximum Gasteiger partial charge on any atom is 0.307 e. The molecule has 0 unspecified atom stereocenters. The van der Waals surface area contributed by atoms with Crippen LogP contribution in [0.1, 0.15) is 21.6 Å². The standard InChI is InChI=1S/C19H15Cl2NO4.2C4H11NO3/c1-10-13(8-18(23)24)14-7-17(26-2)15(21)9-16(14)22(10)19(25)11-3-5-12(20)6-4-11;2*5-4(1-6,2-7)3-8/h3-7,9H,8H2,1-2H3,(H,23,24);2*6-8H,1-3,5H2.